The minimum Gasteiger partial charge on any atom is -0.423 e. The molecule has 0 fully saturated rings. The molecule has 0 unspecified atom stereocenters. The number of ketones is 1. The Bertz CT molecular complexity index is 1170. The summed E-state index contributed by atoms with van der Waals surface area (Å²) in [6, 6.07) is 9.90. The van der Waals surface area contributed by atoms with Crippen LogP contribution in [-0.4, -0.2) is 36.4 Å². The second-order valence-electron chi connectivity index (χ2n) is 7.57. The summed E-state index contributed by atoms with van der Waals surface area (Å²) in [6.45, 7) is 0. The number of aryl methyl sites for hydroxylation is 1. The molecule has 32 heavy (non-hydrogen) atoms. The van der Waals surface area contributed by atoms with E-state index in [0.29, 0.717) is 41.0 Å². The maximum atomic E-state index is 12.9. The van der Waals surface area contributed by atoms with Gasteiger partial charge in [0.05, 0.1) is 17.0 Å². The minimum absolute atomic E-state index is 0.00657. The summed E-state index contributed by atoms with van der Waals surface area (Å²) >= 11 is 0. The van der Waals surface area contributed by atoms with E-state index < -0.39 is 21.8 Å². The predicted octanol–water partition coefficient (Wildman–Crippen LogP) is 2.54. The lowest BCUT2D eigenvalue weighted by atomic mass is 9.93. The molecule has 170 valence electrons. The molecule has 1 heterocycles. The van der Waals surface area contributed by atoms with E-state index in [4.69, 9.17) is 20.8 Å². The van der Waals surface area contributed by atoms with Crippen molar-refractivity contribution in [3.8, 4) is 5.75 Å². The SMILES string of the molecule is NC(N)=Nc1ccc2c(c1)CCCCc1c(cccc1C(=O)CCCS(=O)(=O)O)OC2=O. The molecule has 0 atom stereocenters. The second-order valence-corrected chi connectivity index (χ2v) is 9.14. The van der Waals surface area contributed by atoms with Gasteiger partial charge in [-0.1, -0.05) is 12.1 Å². The van der Waals surface area contributed by atoms with Crippen LogP contribution in [0.1, 0.15) is 57.5 Å². The van der Waals surface area contributed by atoms with Crippen LogP contribution in [0.5, 0.6) is 5.75 Å². The first-order chi connectivity index (χ1) is 15.1. The third kappa shape index (κ3) is 6.14. The topological polar surface area (TPSA) is 162 Å². The Morgan fingerprint density at radius 2 is 1.88 bits per heavy atom. The Hall–Kier alpha value is -3.24. The first-order valence-electron chi connectivity index (χ1n) is 10.2. The summed E-state index contributed by atoms with van der Waals surface area (Å²) in [5.74, 6) is -1.07. The molecule has 10 heteroatoms. The summed E-state index contributed by atoms with van der Waals surface area (Å²) in [7, 11) is -4.13. The number of aliphatic imine (C=N–C) groups is 1. The highest BCUT2D eigenvalue weighted by Gasteiger charge is 2.22. The lowest BCUT2D eigenvalue weighted by Gasteiger charge is -2.17. The molecule has 0 saturated carbocycles. The molecule has 3 rings (SSSR count). The van der Waals surface area contributed by atoms with Crippen molar-refractivity contribution in [2.45, 2.75) is 38.5 Å². The molecular weight excluding hydrogens is 434 g/mol. The van der Waals surface area contributed by atoms with Gasteiger partial charge in [0.25, 0.3) is 10.1 Å². The smallest absolute Gasteiger partial charge is 0.343 e. The average molecular weight is 460 g/mol. The van der Waals surface area contributed by atoms with Crippen LogP contribution in [0.25, 0.3) is 0 Å². The van der Waals surface area contributed by atoms with Crippen molar-refractivity contribution < 1.29 is 27.3 Å². The Morgan fingerprint density at radius 3 is 2.59 bits per heavy atom. The van der Waals surface area contributed by atoms with Gasteiger partial charge in [0, 0.05) is 17.5 Å². The van der Waals surface area contributed by atoms with E-state index in [1.165, 1.54) is 0 Å². The number of benzene rings is 2. The average Bonchev–Trinajstić information content (AvgIpc) is 2.70. The van der Waals surface area contributed by atoms with Gasteiger partial charge < -0.3 is 16.2 Å². The number of fused-ring (bicyclic) bond motifs is 2. The zero-order valence-electron chi connectivity index (χ0n) is 17.4. The van der Waals surface area contributed by atoms with Crippen molar-refractivity contribution in [1.82, 2.24) is 0 Å². The van der Waals surface area contributed by atoms with Gasteiger partial charge in [0.1, 0.15) is 5.75 Å². The van der Waals surface area contributed by atoms with Gasteiger partial charge in [0.2, 0.25) is 0 Å². The van der Waals surface area contributed by atoms with Gasteiger partial charge in [-0.2, -0.15) is 8.42 Å². The molecule has 9 nitrogen and oxygen atoms in total. The lowest BCUT2D eigenvalue weighted by Crippen LogP contribution is -2.22. The first-order valence-corrected chi connectivity index (χ1v) is 11.8. The number of rotatable bonds is 6. The van der Waals surface area contributed by atoms with E-state index in [9.17, 15) is 18.0 Å². The summed E-state index contributed by atoms with van der Waals surface area (Å²) in [6.07, 6.45) is 2.60. The normalized spacial score (nSPS) is 14.0. The van der Waals surface area contributed by atoms with E-state index in [1.54, 1.807) is 36.4 Å². The zero-order chi connectivity index (χ0) is 23.3. The number of hydrogen-bond acceptors (Lipinski definition) is 6. The molecule has 0 spiro atoms. The Labute approximate surface area is 186 Å². The van der Waals surface area contributed by atoms with Gasteiger partial charge >= 0.3 is 5.97 Å². The fourth-order valence-corrected chi connectivity index (χ4v) is 4.22. The van der Waals surface area contributed by atoms with Crippen LogP contribution in [-0.2, 0) is 23.0 Å². The highest BCUT2D eigenvalue weighted by Crippen LogP contribution is 2.30. The highest BCUT2D eigenvalue weighted by molar-refractivity contribution is 7.85. The number of hydrogen-bond donors (Lipinski definition) is 3. The van der Waals surface area contributed by atoms with Gasteiger partial charge in [-0.05, 0) is 61.9 Å². The van der Waals surface area contributed by atoms with Crippen molar-refractivity contribution >= 4 is 33.5 Å². The fourth-order valence-electron chi connectivity index (χ4n) is 3.71. The highest BCUT2D eigenvalue weighted by atomic mass is 32.2. The largest absolute Gasteiger partial charge is 0.423 e. The van der Waals surface area contributed by atoms with Crippen LogP contribution in [0, 0.1) is 0 Å². The molecule has 0 radical (unpaired) electrons. The van der Waals surface area contributed by atoms with Crippen LogP contribution in [0.2, 0.25) is 0 Å². The van der Waals surface area contributed by atoms with E-state index in [-0.39, 0.29) is 24.6 Å². The van der Waals surface area contributed by atoms with E-state index in [1.807, 2.05) is 0 Å². The second kappa shape index (κ2) is 9.92. The van der Waals surface area contributed by atoms with Crippen LogP contribution in [0.4, 0.5) is 5.69 Å². The summed E-state index contributed by atoms with van der Waals surface area (Å²) < 4.78 is 36.4. The maximum Gasteiger partial charge on any atom is 0.343 e. The molecule has 1 aliphatic rings. The Kier molecular flexibility index (Phi) is 7.26. The number of carbonyl (C=O) groups is 2. The standard InChI is InChI=1S/C22H25N3O6S/c23-22(24)25-15-10-11-16-14(13-15)5-1-2-6-18-17(7-3-9-20(18)31-21(16)27)19(26)8-4-12-32(28,29)30/h3,7,9-11,13H,1-2,4-6,8,12H2,(H4,23,24,25)(H,28,29,30). The Morgan fingerprint density at radius 1 is 1.12 bits per heavy atom. The van der Waals surface area contributed by atoms with Crippen LogP contribution < -0.4 is 16.2 Å². The third-order valence-electron chi connectivity index (χ3n) is 5.13. The molecule has 2 aromatic rings. The van der Waals surface area contributed by atoms with Crippen molar-refractivity contribution in [1.29, 1.82) is 0 Å². The number of nitrogens with two attached hydrogens (primary N) is 2. The van der Waals surface area contributed by atoms with Gasteiger partial charge in [0.15, 0.2) is 11.7 Å². The molecular formula is C22H25N3O6S. The monoisotopic (exact) mass is 459 g/mol. The summed E-state index contributed by atoms with van der Waals surface area (Å²) in [5, 5.41) is 0. The number of guanidine groups is 1. The first kappa shape index (κ1) is 23.4. The number of ether oxygens (including phenoxy) is 1. The van der Waals surface area contributed by atoms with Crippen molar-refractivity contribution in [2.24, 2.45) is 16.5 Å². The van der Waals surface area contributed by atoms with Crippen molar-refractivity contribution in [2.75, 3.05) is 5.75 Å². The number of Topliss-reactive ketones (excluding diaryl/α,β-unsaturated/α-hetero) is 1. The summed E-state index contributed by atoms with van der Waals surface area (Å²) in [4.78, 5) is 29.6. The van der Waals surface area contributed by atoms with E-state index in [2.05, 4.69) is 4.99 Å². The van der Waals surface area contributed by atoms with Crippen LogP contribution in [0.15, 0.2) is 41.4 Å². The van der Waals surface area contributed by atoms with E-state index in [0.717, 1.165) is 18.4 Å². The van der Waals surface area contributed by atoms with Gasteiger partial charge in [-0.25, -0.2) is 9.79 Å². The summed E-state index contributed by atoms with van der Waals surface area (Å²) in [5.41, 5.74) is 13.6. The number of nitrogens with zero attached hydrogens (tertiary/aromatic N) is 1. The van der Waals surface area contributed by atoms with Crippen molar-refractivity contribution in [3.63, 3.8) is 0 Å². The lowest BCUT2D eigenvalue weighted by molar-refractivity contribution is 0.0730. The molecule has 0 aromatic heterocycles. The molecule has 0 aliphatic carbocycles. The third-order valence-corrected chi connectivity index (χ3v) is 5.94. The van der Waals surface area contributed by atoms with E-state index >= 15 is 0 Å². The number of esters is 1. The fraction of sp³-hybridized carbons (Fsp3) is 0.318. The number of carbonyl (C=O) groups excluding carboxylic acids is 2. The molecule has 0 amide bonds. The molecule has 1 aliphatic heterocycles. The maximum absolute atomic E-state index is 12.9. The van der Waals surface area contributed by atoms with Gasteiger partial charge in [-0.15, -0.1) is 0 Å². The Balaban J connectivity index is 1.88. The molecule has 0 saturated heterocycles. The minimum atomic E-state index is -4.13. The van der Waals surface area contributed by atoms with Crippen LogP contribution in [0.3, 0.4) is 0 Å². The van der Waals surface area contributed by atoms with Crippen LogP contribution >= 0.6 is 0 Å². The molecule has 2 aromatic carbocycles. The van der Waals surface area contributed by atoms with Gasteiger partial charge in [-0.3, -0.25) is 9.35 Å². The molecule has 5 N–H and O–H groups in total. The van der Waals surface area contributed by atoms with Crippen molar-refractivity contribution in [3.05, 3.63) is 58.7 Å². The zero-order valence-corrected chi connectivity index (χ0v) is 18.2. The predicted molar refractivity (Wildman–Crippen MR) is 120 cm³/mol. The quantitative estimate of drug-likeness (QED) is 0.148. The molecule has 0 bridgehead atoms.